The maximum atomic E-state index is 12.4. The summed E-state index contributed by atoms with van der Waals surface area (Å²) in [6.07, 6.45) is -0.896. The number of hydrogen-bond acceptors (Lipinski definition) is 5. The number of rotatable bonds is 4. The first-order chi connectivity index (χ1) is 12.1. The van der Waals surface area contributed by atoms with Gasteiger partial charge in [0.2, 0.25) is 0 Å². The molecule has 3 aromatic rings. The van der Waals surface area contributed by atoms with Crippen LogP contribution in [0.25, 0.3) is 10.2 Å². The van der Waals surface area contributed by atoms with Crippen LogP contribution in [0, 0.1) is 3.95 Å². The monoisotopic (exact) mass is 370 g/mol. The van der Waals surface area contributed by atoms with Gasteiger partial charge in [-0.2, -0.15) is 0 Å². The Morgan fingerprint density at radius 2 is 1.56 bits per heavy atom. The van der Waals surface area contributed by atoms with Crippen molar-refractivity contribution in [3.63, 3.8) is 0 Å². The smallest absolute Gasteiger partial charge is 0.261 e. The van der Waals surface area contributed by atoms with Gasteiger partial charge in [0.1, 0.15) is 0 Å². The van der Waals surface area contributed by atoms with Crippen LogP contribution in [-0.2, 0) is 6.54 Å². The predicted octanol–water partition coefficient (Wildman–Crippen LogP) is 3.09. The molecule has 0 saturated carbocycles. The van der Waals surface area contributed by atoms with Gasteiger partial charge < -0.3 is 9.67 Å². The molecule has 1 aliphatic heterocycles. The third-order valence-corrected chi connectivity index (χ3v) is 5.67. The van der Waals surface area contributed by atoms with Crippen LogP contribution in [0.3, 0.4) is 0 Å². The summed E-state index contributed by atoms with van der Waals surface area (Å²) in [4.78, 5) is 25.9. The van der Waals surface area contributed by atoms with Gasteiger partial charge in [-0.1, -0.05) is 24.3 Å². The van der Waals surface area contributed by atoms with Gasteiger partial charge in [-0.3, -0.25) is 14.5 Å². The Morgan fingerprint density at radius 3 is 2.24 bits per heavy atom. The minimum atomic E-state index is -0.896. The quantitative estimate of drug-likeness (QED) is 0.566. The number of aliphatic hydroxyl groups excluding tert-OH is 1. The minimum absolute atomic E-state index is 0.0572. The molecule has 0 fully saturated rings. The van der Waals surface area contributed by atoms with E-state index in [2.05, 4.69) is 0 Å². The van der Waals surface area contributed by atoms with Gasteiger partial charge in [-0.25, -0.2) is 0 Å². The van der Waals surface area contributed by atoms with Crippen molar-refractivity contribution in [2.24, 2.45) is 0 Å². The number of imide groups is 1. The molecule has 0 unspecified atom stereocenters. The third-order valence-electron chi connectivity index (χ3n) is 4.24. The molecule has 0 radical (unpaired) electrons. The fourth-order valence-corrected chi connectivity index (χ4v) is 4.41. The van der Waals surface area contributed by atoms with Crippen molar-refractivity contribution in [2.45, 2.75) is 12.6 Å². The third kappa shape index (κ3) is 2.70. The molecular formula is C18H14N2O3S2. The lowest BCUT2D eigenvalue weighted by Crippen LogP contribution is -2.38. The van der Waals surface area contributed by atoms with Gasteiger partial charge in [0, 0.05) is 0 Å². The standard InChI is InChI=1S/C18H14N2O3S2/c21-11(9-19-14-7-3-4-8-15(14)25-18(19)24)10-20-16(22)12-5-1-2-6-13(12)17(20)23/h1-8,11,21H,9-10H2/t11-/m0/s1. The SMILES string of the molecule is O=C1c2ccccc2C(=O)N1C[C@@H](O)Cn1c(=S)sc2ccccc21. The highest BCUT2D eigenvalue weighted by Crippen LogP contribution is 2.25. The summed E-state index contributed by atoms with van der Waals surface area (Å²) in [6, 6.07) is 14.5. The highest BCUT2D eigenvalue weighted by atomic mass is 32.1. The van der Waals surface area contributed by atoms with Crippen molar-refractivity contribution in [3.05, 3.63) is 63.6 Å². The van der Waals surface area contributed by atoms with E-state index in [1.54, 1.807) is 24.3 Å². The van der Waals surface area contributed by atoms with Gasteiger partial charge in [-0.15, -0.1) is 11.3 Å². The number of carbonyl (C=O) groups is 2. The van der Waals surface area contributed by atoms with E-state index in [0.29, 0.717) is 15.1 Å². The summed E-state index contributed by atoms with van der Waals surface area (Å²) in [7, 11) is 0. The van der Waals surface area contributed by atoms with E-state index < -0.39 is 6.10 Å². The summed E-state index contributed by atoms with van der Waals surface area (Å²) in [6.45, 7) is 0.175. The fraction of sp³-hybridized carbons (Fsp3) is 0.167. The largest absolute Gasteiger partial charge is 0.389 e. The molecule has 126 valence electrons. The van der Waals surface area contributed by atoms with E-state index in [4.69, 9.17) is 12.2 Å². The van der Waals surface area contributed by atoms with Crippen molar-refractivity contribution in [2.75, 3.05) is 6.54 Å². The highest BCUT2D eigenvalue weighted by Gasteiger charge is 2.36. The number of nitrogens with zero attached hydrogens (tertiary/aromatic N) is 2. The number of aliphatic hydroxyl groups is 1. The predicted molar refractivity (Wildman–Crippen MR) is 98.5 cm³/mol. The van der Waals surface area contributed by atoms with Crippen molar-refractivity contribution in [3.8, 4) is 0 Å². The van der Waals surface area contributed by atoms with Crippen LogP contribution >= 0.6 is 23.6 Å². The fourth-order valence-electron chi connectivity index (χ4n) is 3.07. The molecular weight excluding hydrogens is 356 g/mol. The molecule has 4 rings (SSSR count). The van der Waals surface area contributed by atoms with Crippen LogP contribution in [0.4, 0.5) is 0 Å². The number of carbonyl (C=O) groups excluding carboxylic acids is 2. The average Bonchev–Trinajstić information content (AvgIpc) is 3.05. The zero-order chi connectivity index (χ0) is 17.6. The lowest BCUT2D eigenvalue weighted by atomic mass is 10.1. The molecule has 0 spiro atoms. The van der Waals surface area contributed by atoms with E-state index in [0.717, 1.165) is 15.1 Å². The van der Waals surface area contributed by atoms with E-state index >= 15 is 0 Å². The number of para-hydroxylation sites is 1. The molecule has 1 atom stereocenters. The second kappa shape index (κ2) is 6.18. The minimum Gasteiger partial charge on any atom is -0.389 e. The van der Waals surface area contributed by atoms with E-state index in [9.17, 15) is 14.7 Å². The molecule has 7 heteroatoms. The van der Waals surface area contributed by atoms with Gasteiger partial charge in [0.15, 0.2) is 3.95 Å². The highest BCUT2D eigenvalue weighted by molar-refractivity contribution is 7.73. The zero-order valence-electron chi connectivity index (χ0n) is 13.1. The Balaban J connectivity index is 1.56. The van der Waals surface area contributed by atoms with E-state index in [1.165, 1.54) is 11.3 Å². The number of amides is 2. The van der Waals surface area contributed by atoms with E-state index in [1.807, 2.05) is 28.8 Å². The first-order valence-corrected chi connectivity index (χ1v) is 9.00. The van der Waals surface area contributed by atoms with Crippen LogP contribution in [0.5, 0.6) is 0 Å². The molecule has 2 heterocycles. The Kier molecular flexibility index (Phi) is 3.99. The Labute approximate surface area is 152 Å². The van der Waals surface area contributed by atoms with Crippen molar-refractivity contribution < 1.29 is 14.7 Å². The number of thiazole rings is 1. The van der Waals surface area contributed by atoms with Crippen LogP contribution in [-0.4, -0.2) is 39.0 Å². The molecule has 1 aliphatic rings. The summed E-state index contributed by atoms with van der Waals surface area (Å²) in [5.41, 5.74) is 1.72. The summed E-state index contributed by atoms with van der Waals surface area (Å²) < 4.78 is 3.54. The molecule has 0 saturated heterocycles. The van der Waals surface area contributed by atoms with E-state index in [-0.39, 0.29) is 24.9 Å². The second-order valence-electron chi connectivity index (χ2n) is 5.87. The number of aromatic nitrogens is 1. The normalized spacial score (nSPS) is 15.0. The van der Waals surface area contributed by atoms with Gasteiger partial charge in [0.25, 0.3) is 11.8 Å². The van der Waals surface area contributed by atoms with Crippen LogP contribution in [0.15, 0.2) is 48.5 Å². The van der Waals surface area contributed by atoms with Gasteiger partial charge >= 0.3 is 0 Å². The van der Waals surface area contributed by atoms with Crippen molar-refractivity contribution in [1.82, 2.24) is 9.47 Å². The molecule has 0 aliphatic carbocycles. The maximum absolute atomic E-state index is 12.4. The van der Waals surface area contributed by atoms with Crippen molar-refractivity contribution >= 4 is 45.6 Å². The molecule has 0 bridgehead atoms. The molecule has 5 nitrogen and oxygen atoms in total. The van der Waals surface area contributed by atoms with Gasteiger partial charge in [-0.05, 0) is 36.5 Å². The molecule has 1 N–H and O–H groups in total. The van der Waals surface area contributed by atoms with Crippen molar-refractivity contribution in [1.29, 1.82) is 0 Å². The second-order valence-corrected chi connectivity index (χ2v) is 7.54. The number of β-amino-alcohol motifs (C(OH)–C–C–N with tert-alkyl or cyclic N) is 1. The summed E-state index contributed by atoms with van der Waals surface area (Å²) >= 11 is 6.85. The van der Waals surface area contributed by atoms with Crippen LogP contribution in [0.2, 0.25) is 0 Å². The molecule has 2 amide bonds. The first-order valence-electron chi connectivity index (χ1n) is 7.78. The molecule has 2 aromatic carbocycles. The topological polar surface area (TPSA) is 62.5 Å². The average molecular weight is 370 g/mol. The number of hydrogen-bond donors (Lipinski definition) is 1. The Hall–Kier alpha value is -2.35. The van der Waals surface area contributed by atoms with Crippen LogP contribution < -0.4 is 0 Å². The zero-order valence-corrected chi connectivity index (χ0v) is 14.7. The number of fused-ring (bicyclic) bond motifs is 2. The lowest BCUT2D eigenvalue weighted by molar-refractivity contribution is 0.0522. The molecule has 1 aromatic heterocycles. The lowest BCUT2D eigenvalue weighted by Gasteiger charge is -2.19. The Bertz CT molecular complexity index is 1020. The Morgan fingerprint density at radius 1 is 0.960 bits per heavy atom. The first kappa shape index (κ1) is 16.1. The van der Waals surface area contributed by atoms with Gasteiger partial charge in [0.05, 0.1) is 40.5 Å². The van der Waals surface area contributed by atoms with Crippen LogP contribution in [0.1, 0.15) is 20.7 Å². The maximum Gasteiger partial charge on any atom is 0.261 e. The summed E-state index contributed by atoms with van der Waals surface area (Å²) in [5.74, 6) is -0.725. The summed E-state index contributed by atoms with van der Waals surface area (Å²) in [5, 5.41) is 10.5. The molecule has 25 heavy (non-hydrogen) atoms. The number of benzene rings is 2.